The third kappa shape index (κ3) is 4.30. The summed E-state index contributed by atoms with van der Waals surface area (Å²) in [5, 5.41) is 0. The van der Waals surface area contributed by atoms with Crippen molar-refractivity contribution in [2.24, 2.45) is 23.2 Å². The van der Waals surface area contributed by atoms with Crippen molar-refractivity contribution >= 4 is 11.9 Å². The lowest BCUT2D eigenvalue weighted by atomic mass is 9.49. The summed E-state index contributed by atoms with van der Waals surface area (Å²) < 4.78 is 22.3. The van der Waals surface area contributed by atoms with E-state index in [-0.39, 0.29) is 17.4 Å². The molecule has 0 N–H and O–H groups in total. The van der Waals surface area contributed by atoms with Crippen molar-refractivity contribution in [3.63, 3.8) is 0 Å². The van der Waals surface area contributed by atoms with Crippen molar-refractivity contribution in [2.75, 3.05) is 34.5 Å². The van der Waals surface area contributed by atoms with Crippen LogP contribution in [0.3, 0.4) is 0 Å². The van der Waals surface area contributed by atoms with Crippen LogP contribution in [0, 0.1) is 23.2 Å². The molecule has 4 saturated carbocycles. The third-order valence-electron chi connectivity index (χ3n) is 9.44. The van der Waals surface area contributed by atoms with Crippen molar-refractivity contribution < 1.29 is 28.5 Å². The van der Waals surface area contributed by atoms with Crippen LogP contribution >= 0.6 is 0 Å². The number of fused-ring (bicyclic) bond motifs is 1. The molecule has 7 rings (SSSR count). The molecule has 202 valence electrons. The van der Waals surface area contributed by atoms with E-state index in [1.54, 1.807) is 38.5 Å². The lowest BCUT2D eigenvalue weighted by Crippen LogP contribution is -2.56. The van der Waals surface area contributed by atoms with Crippen LogP contribution in [0.2, 0.25) is 0 Å². The van der Waals surface area contributed by atoms with E-state index in [1.807, 2.05) is 12.1 Å². The second-order valence-electron chi connectivity index (χ2n) is 11.7. The summed E-state index contributed by atoms with van der Waals surface area (Å²) in [6.07, 6.45) is 7.81. The molecule has 7 heteroatoms. The fourth-order valence-electron chi connectivity index (χ4n) is 8.11. The van der Waals surface area contributed by atoms with Gasteiger partial charge in [0.15, 0.2) is 11.5 Å². The van der Waals surface area contributed by atoms with E-state index in [1.165, 1.54) is 26.4 Å². The van der Waals surface area contributed by atoms with Crippen molar-refractivity contribution in [1.29, 1.82) is 0 Å². The van der Waals surface area contributed by atoms with E-state index in [9.17, 15) is 9.59 Å². The van der Waals surface area contributed by atoms with Crippen LogP contribution in [0.4, 0.5) is 0 Å². The maximum Gasteiger partial charge on any atom is 0.337 e. The number of esters is 1. The fraction of sp³-hybridized carbons (Fsp3) is 0.548. The van der Waals surface area contributed by atoms with Gasteiger partial charge in [0, 0.05) is 6.54 Å². The van der Waals surface area contributed by atoms with Crippen LogP contribution in [0.1, 0.15) is 66.1 Å². The normalized spacial score (nSPS) is 29.0. The number of ether oxygens (including phenoxy) is 4. The highest BCUT2D eigenvalue weighted by Crippen LogP contribution is 2.61. The minimum Gasteiger partial charge on any atom is -0.493 e. The zero-order valence-corrected chi connectivity index (χ0v) is 22.5. The molecule has 4 fully saturated rings. The number of nitrogens with zero attached hydrogens (tertiary/aromatic N) is 1. The van der Waals surface area contributed by atoms with Gasteiger partial charge in [0.1, 0.15) is 12.4 Å². The minimum atomic E-state index is -0.383. The highest BCUT2D eigenvalue weighted by molar-refractivity contribution is 5.89. The average Bonchev–Trinajstić information content (AvgIpc) is 2.93. The maximum absolute atomic E-state index is 14.5. The number of carbonyl (C=O) groups excluding carboxylic acids is 2. The smallest absolute Gasteiger partial charge is 0.337 e. The van der Waals surface area contributed by atoms with Gasteiger partial charge < -0.3 is 23.8 Å². The molecule has 2 aromatic carbocycles. The molecule has 0 unspecified atom stereocenters. The summed E-state index contributed by atoms with van der Waals surface area (Å²) in [5.74, 6) is 4.04. The predicted octanol–water partition coefficient (Wildman–Crippen LogP) is 5.21. The summed E-state index contributed by atoms with van der Waals surface area (Å²) in [6, 6.07) is 10.8. The Labute approximate surface area is 224 Å². The molecule has 1 atom stereocenters. The van der Waals surface area contributed by atoms with Gasteiger partial charge in [-0.15, -0.1) is 0 Å². The first kappa shape index (κ1) is 25.1. The highest BCUT2D eigenvalue weighted by atomic mass is 16.5. The Balaban J connectivity index is 1.31. The molecule has 0 radical (unpaired) electrons. The Morgan fingerprint density at radius 1 is 0.895 bits per heavy atom. The van der Waals surface area contributed by atoms with Gasteiger partial charge in [-0.2, -0.15) is 0 Å². The first-order chi connectivity index (χ1) is 18.4. The first-order valence-electron chi connectivity index (χ1n) is 13.8. The topological polar surface area (TPSA) is 74.3 Å². The van der Waals surface area contributed by atoms with Crippen LogP contribution < -0.4 is 14.2 Å². The molecule has 4 aliphatic carbocycles. The summed E-state index contributed by atoms with van der Waals surface area (Å²) in [4.78, 5) is 28.4. The van der Waals surface area contributed by atoms with Crippen molar-refractivity contribution in [3.8, 4) is 17.2 Å². The van der Waals surface area contributed by atoms with Crippen molar-refractivity contribution in [1.82, 2.24) is 4.90 Å². The van der Waals surface area contributed by atoms with Gasteiger partial charge in [0.2, 0.25) is 5.91 Å². The number of amides is 1. The minimum absolute atomic E-state index is 0.219. The van der Waals surface area contributed by atoms with Gasteiger partial charge in [-0.1, -0.05) is 0 Å². The molecule has 1 heterocycles. The van der Waals surface area contributed by atoms with Crippen molar-refractivity contribution in [3.05, 3.63) is 53.1 Å². The number of methoxy groups -OCH3 is 3. The Bertz CT molecular complexity index is 1190. The molecule has 38 heavy (non-hydrogen) atoms. The molecule has 0 saturated heterocycles. The van der Waals surface area contributed by atoms with Crippen LogP contribution in [0.5, 0.6) is 17.2 Å². The zero-order valence-electron chi connectivity index (χ0n) is 22.5. The zero-order chi connectivity index (χ0) is 26.4. The van der Waals surface area contributed by atoms with Gasteiger partial charge >= 0.3 is 5.97 Å². The molecule has 5 aliphatic rings. The molecule has 2 aromatic rings. The summed E-state index contributed by atoms with van der Waals surface area (Å²) >= 11 is 0. The summed E-state index contributed by atoms with van der Waals surface area (Å²) in [7, 11) is 4.65. The van der Waals surface area contributed by atoms with Gasteiger partial charge in [-0.25, -0.2) is 4.79 Å². The number of rotatable bonds is 7. The number of benzene rings is 2. The first-order valence-corrected chi connectivity index (χ1v) is 13.8. The second kappa shape index (κ2) is 9.83. The quantitative estimate of drug-likeness (QED) is 0.468. The fourth-order valence-corrected chi connectivity index (χ4v) is 8.11. The van der Waals surface area contributed by atoms with Crippen LogP contribution in [-0.2, 0) is 16.0 Å². The van der Waals surface area contributed by atoms with Crippen LogP contribution in [0.15, 0.2) is 36.4 Å². The average molecular weight is 520 g/mol. The molecule has 7 nitrogen and oxygen atoms in total. The highest BCUT2D eigenvalue weighted by Gasteiger charge is 2.56. The number of hydrogen-bond donors (Lipinski definition) is 0. The van der Waals surface area contributed by atoms with Crippen molar-refractivity contribution in [2.45, 2.75) is 51.0 Å². The Kier molecular flexibility index (Phi) is 6.48. The van der Waals surface area contributed by atoms with Gasteiger partial charge in [-0.05, 0) is 110 Å². The standard InChI is InChI=1S/C31H37NO6/c1-35-27-13-23-8-9-32(30(34)31-15-19-10-20(16-31)12-21(11-19)17-31)26(25(23)14-28(27)36-2)18-38-24-6-4-22(5-7-24)29(33)37-3/h4-7,13-14,19-21,26H,8-12,15-18H2,1-3H3/t19?,20?,21?,26-,31?/m1/s1. The second-order valence-corrected chi connectivity index (χ2v) is 11.7. The molecule has 1 amide bonds. The van der Waals surface area contributed by atoms with Crippen LogP contribution in [-0.4, -0.2) is 51.3 Å². The summed E-state index contributed by atoms with van der Waals surface area (Å²) in [5.41, 5.74) is 2.46. The lowest BCUT2D eigenvalue weighted by molar-refractivity contribution is -0.161. The summed E-state index contributed by atoms with van der Waals surface area (Å²) in [6.45, 7) is 0.983. The van der Waals surface area contributed by atoms with E-state index in [4.69, 9.17) is 18.9 Å². The van der Waals surface area contributed by atoms with E-state index < -0.39 is 0 Å². The predicted molar refractivity (Wildman–Crippen MR) is 142 cm³/mol. The monoisotopic (exact) mass is 519 g/mol. The molecule has 4 bridgehead atoms. The SMILES string of the molecule is COC(=O)c1ccc(OC[C@@H]2c3cc(OC)c(OC)cc3CCN2C(=O)C23CC4CC(CC(C4)C2)C3)cc1. The largest absolute Gasteiger partial charge is 0.493 e. The Hall–Kier alpha value is -3.22. The number of hydrogen-bond acceptors (Lipinski definition) is 6. The third-order valence-corrected chi connectivity index (χ3v) is 9.44. The van der Waals surface area contributed by atoms with Crippen LogP contribution in [0.25, 0.3) is 0 Å². The molecular weight excluding hydrogens is 482 g/mol. The molecular formula is C31H37NO6. The Morgan fingerprint density at radius 2 is 1.50 bits per heavy atom. The lowest BCUT2D eigenvalue weighted by Gasteiger charge is -2.57. The van der Waals surface area contributed by atoms with E-state index in [0.29, 0.717) is 59.6 Å². The molecule has 1 aliphatic heterocycles. The number of carbonyl (C=O) groups is 2. The van der Waals surface area contributed by atoms with Gasteiger partial charge in [0.05, 0.1) is 38.3 Å². The van der Waals surface area contributed by atoms with E-state index in [2.05, 4.69) is 4.90 Å². The maximum atomic E-state index is 14.5. The molecule has 0 aromatic heterocycles. The van der Waals surface area contributed by atoms with Gasteiger partial charge in [0.25, 0.3) is 0 Å². The van der Waals surface area contributed by atoms with E-state index >= 15 is 0 Å². The Morgan fingerprint density at radius 3 is 2.08 bits per heavy atom. The van der Waals surface area contributed by atoms with Gasteiger partial charge in [-0.3, -0.25) is 4.79 Å². The molecule has 0 spiro atoms. The van der Waals surface area contributed by atoms with E-state index in [0.717, 1.165) is 36.8 Å².